The number of hydrogen-bond acceptors (Lipinski definition) is 10. The van der Waals surface area contributed by atoms with Crippen molar-refractivity contribution in [2.45, 2.75) is 57.7 Å². The molecule has 0 amide bonds. The number of carbonyl (C=O) groups is 1. The van der Waals surface area contributed by atoms with Gasteiger partial charge in [0.05, 0.1) is 54.6 Å². The summed E-state index contributed by atoms with van der Waals surface area (Å²) in [5.41, 5.74) is -3.47. The normalized spacial score (nSPS) is 11.7. The molecule has 10 nitrogen and oxygen atoms in total. The molecule has 0 radical (unpaired) electrons. The number of aliphatic hydroxyl groups is 1. The molecule has 0 aliphatic rings. The van der Waals surface area contributed by atoms with Crippen LogP contribution in [-0.2, 0) is 35.8 Å². The Hall–Kier alpha value is -4.43. The number of carbonyl (C=O) groups excluding carboxylic acids is 1. The van der Waals surface area contributed by atoms with Crippen LogP contribution in [0.3, 0.4) is 0 Å². The van der Waals surface area contributed by atoms with Crippen molar-refractivity contribution in [2.24, 2.45) is 0 Å². The number of methoxy groups -OCH3 is 1. The van der Waals surface area contributed by atoms with E-state index in [-0.39, 0.29) is 100 Å². The first-order valence-electron chi connectivity index (χ1n) is 14.9. The molecule has 0 unspecified atom stereocenters. The van der Waals surface area contributed by atoms with E-state index in [4.69, 9.17) is 9.47 Å². The largest absolute Gasteiger partial charge is 1.00 e. The summed E-state index contributed by atoms with van der Waals surface area (Å²) in [6, 6.07) is 10.3. The Kier molecular flexibility index (Phi) is 13.4. The first-order valence-corrected chi connectivity index (χ1v) is 14.9. The maximum Gasteiger partial charge on any atom is 1.00 e. The Morgan fingerprint density at radius 2 is 1.63 bits per heavy atom. The summed E-state index contributed by atoms with van der Waals surface area (Å²) >= 11 is 0. The van der Waals surface area contributed by atoms with Crippen molar-refractivity contribution >= 4 is 11.9 Å². The molecule has 4 rings (SSSR count). The van der Waals surface area contributed by atoms with Gasteiger partial charge in [-0.05, 0) is 80.3 Å². The molecule has 0 saturated heterocycles. The molecule has 2 aromatic carbocycles. The number of aliphatic carboxylic acids is 1. The average Bonchev–Trinajstić information content (AvgIpc) is 3.05. The molecule has 51 heavy (non-hydrogen) atoms. The van der Waals surface area contributed by atoms with Crippen LogP contribution >= 0.6 is 0 Å². The zero-order valence-electron chi connectivity index (χ0n) is 27.9. The van der Waals surface area contributed by atoms with Crippen LogP contribution in [0.4, 0.5) is 32.3 Å². The SMILES string of the molecule is COc1ccc(C(C)(C)O)nc1-c1ccc(C(F)(F)F)cc1CN(Cc1cc(C#N)cc(C(F)(F)F)c1)c1ncc(OCCCC(=O)[O-])cn1.[Na+]. The van der Waals surface area contributed by atoms with Crippen LogP contribution in [0.2, 0.25) is 0 Å². The zero-order chi connectivity index (χ0) is 36.9. The maximum atomic E-state index is 14.0. The van der Waals surface area contributed by atoms with Gasteiger partial charge in [0.25, 0.3) is 0 Å². The van der Waals surface area contributed by atoms with Gasteiger partial charge in [-0.2, -0.15) is 31.6 Å². The van der Waals surface area contributed by atoms with E-state index in [1.165, 1.54) is 62.5 Å². The number of benzene rings is 2. The van der Waals surface area contributed by atoms with E-state index in [1.807, 2.05) is 0 Å². The van der Waals surface area contributed by atoms with Gasteiger partial charge in [-0.1, -0.05) is 6.07 Å². The molecule has 17 heteroatoms. The third kappa shape index (κ3) is 11.0. The fourth-order valence-corrected chi connectivity index (χ4v) is 4.87. The second-order valence-electron chi connectivity index (χ2n) is 11.6. The van der Waals surface area contributed by atoms with Gasteiger partial charge in [-0.3, -0.25) is 0 Å². The van der Waals surface area contributed by atoms with E-state index < -0.39 is 48.1 Å². The monoisotopic (exact) mass is 725 g/mol. The van der Waals surface area contributed by atoms with Gasteiger partial charge in [0.15, 0.2) is 5.75 Å². The van der Waals surface area contributed by atoms with Gasteiger partial charge in [0.1, 0.15) is 17.0 Å². The third-order valence-electron chi connectivity index (χ3n) is 7.27. The van der Waals surface area contributed by atoms with Crippen molar-refractivity contribution in [1.82, 2.24) is 15.0 Å². The summed E-state index contributed by atoms with van der Waals surface area (Å²) in [7, 11) is 1.33. The fourth-order valence-electron chi connectivity index (χ4n) is 4.87. The number of carboxylic acids is 1. The number of hydrogen-bond donors (Lipinski definition) is 1. The van der Waals surface area contributed by atoms with E-state index in [0.717, 1.165) is 18.2 Å². The number of aromatic nitrogens is 3. The molecular weight excluding hydrogens is 695 g/mol. The summed E-state index contributed by atoms with van der Waals surface area (Å²) in [6.45, 7) is 2.11. The molecule has 0 aliphatic carbocycles. The molecule has 0 fully saturated rings. The number of halogens is 6. The Labute approximate surface area is 311 Å². The number of nitriles is 1. The van der Waals surface area contributed by atoms with E-state index >= 15 is 0 Å². The summed E-state index contributed by atoms with van der Waals surface area (Å²) in [4.78, 5) is 24.9. The third-order valence-corrected chi connectivity index (χ3v) is 7.27. The number of nitrogens with zero attached hydrogens (tertiary/aromatic N) is 5. The topological polar surface area (TPSA) is 145 Å². The maximum absolute atomic E-state index is 14.0. The molecule has 0 bridgehead atoms. The number of carboxylic acid groups (broad SMARTS) is 1. The Morgan fingerprint density at radius 1 is 0.961 bits per heavy atom. The van der Waals surface area contributed by atoms with Gasteiger partial charge in [0, 0.05) is 24.6 Å². The van der Waals surface area contributed by atoms with Crippen LogP contribution in [-0.4, -0.2) is 39.7 Å². The molecule has 2 aromatic heterocycles. The number of rotatable bonds is 13. The molecule has 264 valence electrons. The Balaban J connectivity index is 0.00000702. The Morgan fingerprint density at radius 3 is 2.20 bits per heavy atom. The summed E-state index contributed by atoms with van der Waals surface area (Å²) < 4.78 is 94.2. The van der Waals surface area contributed by atoms with E-state index in [9.17, 15) is 46.6 Å². The van der Waals surface area contributed by atoms with E-state index in [1.54, 1.807) is 6.07 Å². The van der Waals surface area contributed by atoms with Crippen molar-refractivity contribution in [3.05, 3.63) is 94.4 Å². The molecule has 2 heterocycles. The van der Waals surface area contributed by atoms with Gasteiger partial charge in [-0.15, -0.1) is 0 Å². The molecule has 0 spiro atoms. The quantitative estimate of drug-likeness (QED) is 0.124. The van der Waals surface area contributed by atoms with Crippen molar-refractivity contribution in [1.29, 1.82) is 5.26 Å². The van der Waals surface area contributed by atoms with Crippen molar-refractivity contribution in [3.63, 3.8) is 0 Å². The second kappa shape index (κ2) is 16.7. The molecular formula is C34H30F6N5NaO5. The minimum absolute atomic E-state index is 0. The fraction of sp³-hybridized carbons (Fsp3) is 0.324. The standard InChI is InChI=1S/C34H31F6N5O5.Na/c1-32(2,48)28-9-8-27(49-3)30(44-28)26-7-6-23(33(35,36)37)14-22(26)19-45(18-21-11-20(15-41)12-24(13-21)34(38,39)40)31-42-16-25(17-43-31)50-10-4-5-29(46)47;/h6-9,11-14,16-17,48H,4-5,10,18-19H2,1-3H3,(H,46,47);/q;+1/p-1. The van der Waals surface area contributed by atoms with Crippen LogP contribution in [0.15, 0.2) is 60.9 Å². The van der Waals surface area contributed by atoms with Crippen molar-refractivity contribution in [2.75, 3.05) is 18.6 Å². The van der Waals surface area contributed by atoms with Crippen LogP contribution in [0.1, 0.15) is 60.2 Å². The minimum atomic E-state index is -4.80. The van der Waals surface area contributed by atoms with Gasteiger partial charge in [-0.25, -0.2) is 15.0 Å². The number of alkyl halides is 6. The van der Waals surface area contributed by atoms with Crippen LogP contribution in [0.5, 0.6) is 11.5 Å². The summed E-state index contributed by atoms with van der Waals surface area (Å²) in [5, 5.41) is 30.7. The predicted octanol–water partition coefficient (Wildman–Crippen LogP) is 2.80. The Bertz CT molecular complexity index is 1880. The van der Waals surface area contributed by atoms with Crippen LogP contribution in [0, 0.1) is 11.3 Å². The summed E-state index contributed by atoms with van der Waals surface area (Å²) in [5.74, 6) is -1.11. The van der Waals surface area contributed by atoms with Crippen molar-refractivity contribution in [3.8, 4) is 28.8 Å². The molecule has 4 aromatic rings. The first-order chi connectivity index (χ1) is 23.4. The predicted molar refractivity (Wildman–Crippen MR) is 164 cm³/mol. The van der Waals surface area contributed by atoms with Gasteiger partial charge < -0.3 is 29.4 Å². The summed E-state index contributed by atoms with van der Waals surface area (Å²) in [6.07, 6.45) is -7.29. The van der Waals surface area contributed by atoms with Gasteiger partial charge in [0.2, 0.25) is 5.95 Å². The smallest absolute Gasteiger partial charge is 0.550 e. The van der Waals surface area contributed by atoms with Crippen LogP contribution in [0.25, 0.3) is 11.3 Å². The number of pyridine rings is 1. The van der Waals surface area contributed by atoms with E-state index in [2.05, 4.69) is 15.0 Å². The number of ether oxygens (including phenoxy) is 2. The van der Waals surface area contributed by atoms with E-state index in [0.29, 0.717) is 6.07 Å². The zero-order valence-corrected chi connectivity index (χ0v) is 29.9. The van der Waals surface area contributed by atoms with Crippen LogP contribution < -0.4 is 49.0 Å². The minimum Gasteiger partial charge on any atom is -0.550 e. The molecule has 0 saturated carbocycles. The molecule has 0 aliphatic heterocycles. The second-order valence-corrected chi connectivity index (χ2v) is 11.6. The van der Waals surface area contributed by atoms with Gasteiger partial charge >= 0.3 is 41.9 Å². The first kappa shape index (κ1) is 41.0. The van der Waals surface area contributed by atoms with Crippen molar-refractivity contribution < 1.29 is 80.4 Å². The number of anilines is 1. The molecule has 1 N–H and O–H groups in total. The average molecular weight is 726 g/mol. The molecule has 0 atom stereocenters.